The summed E-state index contributed by atoms with van der Waals surface area (Å²) in [6.45, 7) is -0.0613. The molecule has 0 aliphatic heterocycles. The van der Waals surface area contributed by atoms with Crippen LogP contribution in [0.15, 0.2) is 84.0 Å². The Morgan fingerprint density at radius 1 is 1.00 bits per heavy atom. The molecule has 0 atom stereocenters. The summed E-state index contributed by atoms with van der Waals surface area (Å²) in [7, 11) is 0. The molecule has 4 aromatic rings. The van der Waals surface area contributed by atoms with Gasteiger partial charge in [-0.2, -0.15) is 9.90 Å². The zero-order valence-electron chi connectivity index (χ0n) is 17.9. The van der Waals surface area contributed by atoms with Crippen LogP contribution in [0.1, 0.15) is 21.5 Å². The fraction of sp³-hybridized carbons (Fsp3) is 0.0833. The Hall–Kier alpha value is -4.86. The molecule has 0 unspecified atom stereocenters. The van der Waals surface area contributed by atoms with E-state index >= 15 is 0 Å². The van der Waals surface area contributed by atoms with Crippen molar-refractivity contribution < 1.29 is 19.4 Å². The molecular formula is C24H20N6O4. The second kappa shape index (κ2) is 10.6. The van der Waals surface area contributed by atoms with Crippen molar-refractivity contribution in [2.45, 2.75) is 6.54 Å². The molecule has 0 saturated heterocycles. The first-order chi connectivity index (χ1) is 16.6. The van der Waals surface area contributed by atoms with Crippen LogP contribution in [0.4, 0.5) is 0 Å². The van der Waals surface area contributed by atoms with Gasteiger partial charge in [-0.25, -0.2) is 10.2 Å². The summed E-state index contributed by atoms with van der Waals surface area (Å²) < 4.78 is 5.21. The molecule has 0 radical (unpaired) electrons. The number of rotatable bonds is 9. The van der Waals surface area contributed by atoms with Crippen molar-refractivity contribution in [3.8, 4) is 17.1 Å². The molecule has 2 N–H and O–H groups in total. The van der Waals surface area contributed by atoms with Crippen LogP contribution in [-0.2, 0) is 11.3 Å². The number of hydrogen-bond acceptors (Lipinski definition) is 7. The van der Waals surface area contributed by atoms with Gasteiger partial charge in [0.1, 0.15) is 5.75 Å². The van der Waals surface area contributed by atoms with E-state index in [4.69, 9.17) is 9.84 Å². The number of hydrazone groups is 1. The standard InChI is InChI=1S/C24H20N6O4/c31-22(32)16-34-21-9-5-4-8-20(21)14-25-27-24(33)19-12-10-17(11-13-19)15-30-28-23(26-29-30)18-6-2-1-3-7-18/h1-14H,15-16H2,(H,27,33)(H,31,32)/b25-14+. The van der Waals surface area contributed by atoms with Gasteiger partial charge in [0.15, 0.2) is 6.61 Å². The van der Waals surface area contributed by atoms with E-state index in [-0.39, 0.29) is 0 Å². The highest BCUT2D eigenvalue weighted by Gasteiger charge is 2.08. The lowest BCUT2D eigenvalue weighted by Gasteiger charge is -2.06. The molecule has 1 amide bonds. The van der Waals surface area contributed by atoms with Crippen LogP contribution < -0.4 is 10.2 Å². The number of carboxylic acids is 1. The molecule has 4 rings (SSSR count). The van der Waals surface area contributed by atoms with Crippen molar-refractivity contribution >= 4 is 18.1 Å². The Labute approximate surface area is 194 Å². The fourth-order valence-electron chi connectivity index (χ4n) is 3.02. The zero-order chi connectivity index (χ0) is 23.8. The monoisotopic (exact) mass is 456 g/mol. The van der Waals surface area contributed by atoms with Crippen LogP contribution in [0.2, 0.25) is 0 Å². The molecule has 0 aliphatic carbocycles. The molecule has 0 saturated carbocycles. The molecule has 0 fully saturated rings. The van der Waals surface area contributed by atoms with Crippen LogP contribution in [-0.4, -0.2) is 50.0 Å². The van der Waals surface area contributed by atoms with Crippen molar-refractivity contribution in [1.82, 2.24) is 25.6 Å². The third-order valence-corrected chi connectivity index (χ3v) is 4.66. The Morgan fingerprint density at radius 3 is 2.50 bits per heavy atom. The maximum Gasteiger partial charge on any atom is 0.341 e. The maximum absolute atomic E-state index is 12.4. The van der Waals surface area contributed by atoms with Gasteiger partial charge >= 0.3 is 5.97 Å². The van der Waals surface area contributed by atoms with Crippen molar-refractivity contribution in [2.24, 2.45) is 5.10 Å². The van der Waals surface area contributed by atoms with Gasteiger partial charge in [0.25, 0.3) is 5.91 Å². The zero-order valence-corrected chi connectivity index (χ0v) is 17.9. The van der Waals surface area contributed by atoms with Crippen LogP contribution in [0.25, 0.3) is 11.4 Å². The molecule has 170 valence electrons. The molecular weight excluding hydrogens is 436 g/mol. The normalized spacial score (nSPS) is 10.8. The van der Waals surface area contributed by atoms with E-state index < -0.39 is 18.5 Å². The molecule has 3 aromatic carbocycles. The number of benzene rings is 3. The van der Waals surface area contributed by atoms with E-state index in [1.54, 1.807) is 48.5 Å². The minimum Gasteiger partial charge on any atom is -0.481 e. The van der Waals surface area contributed by atoms with Crippen molar-refractivity contribution in [3.63, 3.8) is 0 Å². The number of carboxylic acid groups (broad SMARTS) is 1. The number of aliphatic carboxylic acids is 1. The maximum atomic E-state index is 12.4. The van der Waals surface area contributed by atoms with Crippen molar-refractivity contribution in [3.05, 3.63) is 95.6 Å². The van der Waals surface area contributed by atoms with Crippen LogP contribution in [0, 0.1) is 0 Å². The number of para-hydroxylation sites is 1. The van der Waals surface area contributed by atoms with E-state index in [1.165, 1.54) is 11.0 Å². The Balaban J connectivity index is 1.34. The summed E-state index contributed by atoms with van der Waals surface area (Å²) >= 11 is 0. The van der Waals surface area contributed by atoms with Gasteiger partial charge in [-0.15, -0.1) is 10.2 Å². The second-order valence-corrected chi connectivity index (χ2v) is 7.13. The summed E-state index contributed by atoms with van der Waals surface area (Å²) in [5.74, 6) is -0.578. The predicted molar refractivity (Wildman–Crippen MR) is 123 cm³/mol. The van der Waals surface area contributed by atoms with Gasteiger partial charge in [0.05, 0.1) is 12.8 Å². The van der Waals surface area contributed by atoms with Gasteiger partial charge in [-0.3, -0.25) is 4.79 Å². The topological polar surface area (TPSA) is 132 Å². The van der Waals surface area contributed by atoms with Crippen LogP contribution >= 0.6 is 0 Å². The lowest BCUT2D eigenvalue weighted by molar-refractivity contribution is -0.139. The molecule has 1 aromatic heterocycles. The van der Waals surface area contributed by atoms with Crippen molar-refractivity contribution in [1.29, 1.82) is 0 Å². The summed E-state index contributed by atoms with van der Waals surface area (Å²) in [6.07, 6.45) is 1.39. The average molecular weight is 456 g/mol. The smallest absolute Gasteiger partial charge is 0.341 e. The highest BCUT2D eigenvalue weighted by Crippen LogP contribution is 2.16. The highest BCUT2D eigenvalue weighted by molar-refractivity contribution is 5.95. The first-order valence-corrected chi connectivity index (χ1v) is 10.3. The highest BCUT2D eigenvalue weighted by atomic mass is 16.5. The molecule has 10 heteroatoms. The molecule has 10 nitrogen and oxygen atoms in total. The number of nitrogens with zero attached hydrogens (tertiary/aromatic N) is 5. The van der Waals surface area contributed by atoms with Gasteiger partial charge in [-0.05, 0) is 35.0 Å². The van der Waals surface area contributed by atoms with Gasteiger partial charge in [0.2, 0.25) is 5.82 Å². The molecule has 1 heterocycles. The Morgan fingerprint density at radius 2 is 1.74 bits per heavy atom. The van der Waals surface area contributed by atoms with E-state index in [2.05, 4.69) is 25.9 Å². The molecule has 34 heavy (non-hydrogen) atoms. The SMILES string of the molecule is O=C(O)COc1ccccc1/C=N/NC(=O)c1ccc(Cn2nnc(-c3ccccc3)n2)cc1. The Kier molecular flexibility index (Phi) is 6.99. The number of nitrogens with one attached hydrogen (secondary N) is 1. The first kappa shape index (κ1) is 22.3. The van der Waals surface area contributed by atoms with Gasteiger partial charge < -0.3 is 9.84 Å². The quantitative estimate of drug-likeness (QED) is 0.292. The average Bonchev–Trinajstić information content (AvgIpc) is 3.33. The van der Waals surface area contributed by atoms with Crippen LogP contribution in [0.3, 0.4) is 0 Å². The van der Waals surface area contributed by atoms with E-state index in [0.29, 0.717) is 29.2 Å². The largest absolute Gasteiger partial charge is 0.481 e. The summed E-state index contributed by atoms with van der Waals surface area (Å²) in [6, 6.07) is 23.3. The number of carbonyl (C=O) groups excluding carboxylic acids is 1. The van der Waals surface area contributed by atoms with Crippen LogP contribution in [0.5, 0.6) is 5.75 Å². The van der Waals surface area contributed by atoms with E-state index in [1.807, 2.05) is 30.3 Å². The third kappa shape index (κ3) is 5.88. The van der Waals surface area contributed by atoms with Gasteiger partial charge in [0, 0.05) is 16.7 Å². The first-order valence-electron chi connectivity index (χ1n) is 10.3. The molecule has 0 spiro atoms. The molecule has 0 bridgehead atoms. The minimum absolute atomic E-state index is 0.351. The lowest BCUT2D eigenvalue weighted by atomic mass is 10.1. The number of ether oxygens (including phenoxy) is 1. The number of aromatic nitrogens is 4. The number of carbonyl (C=O) groups is 2. The summed E-state index contributed by atoms with van der Waals surface area (Å²) in [5.41, 5.74) is 5.20. The fourth-order valence-corrected chi connectivity index (χ4v) is 3.02. The van der Waals surface area contributed by atoms with Crippen molar-refractivity contribution in [2.75, 3.05) is 6.61 Å². The Bertz CT molecular complexity index is 1300. The minimum atomic E-state index is -1.08. The summed E-state index contributed by atoms with van der Waals surface area (Å²) in [5, 5.41) is 25.2. The van der Waals surface area contributed by atoms with Gasteiger partial charge in [-0.1, -0.05) is 54.6 Å². The van der Waals surface area contributed by atoms with E-state index in [0.717, 1.165) is 11.1 Å². The number of hydrogen-bond donors (Lipinski definition) is 2. The third-order valence-electron chi connectivity index (χ3n) is 4.66. The lowest BCUT2D eigenvalue weighted by Crippen LogP contribution is -2.18. The molecule has 0 aliphatic rings. The number of tetrazole rings is 1. The second-order valence-electron chi connectivity index (χ2n) is 7.13. The number of amides is 1. The van der Waals surface area contributed by atoms with E-state index in [9.17, 15) is 9.59 Å². The summed E-state index contributed by atoms with van der Waals surface area (Å²) in [4.78, 5) is 24.6. The predicted octanol–water partition coefficient (Wildman–Crippen LogP) is 2.62.